The van der Waals surface area contributed by atoms with Gasteiger partial charge in [0.05, 0.1) is 30.3 Å². The molecule has 0 aliphatic carbocycles. The molecule has 0 unspecified atom stereocenters. The minimum absolute atomic E-state index is 0.217. The first-order chi connectivity index (χ1) is 15.4. The SMILES string of the molecule is COc1cccc(-c2c(-c3ccc(S(C)(=O)=O)cc3)cnn(Cc3ccccc3)c2=O)c1. The molecule has 162 valence electrons. The van der Waals surface area contributed by atoms with E-state index >= 15 is 0 Å². The fourth-order valence-corrected chi connectivity index (χ4v) is 4.15. The van der Waals surface area contributed by atoms with E-state index in [9.17, 15) is 13.2 Å². The normalized spacial score (nSPS) is 11.3. The van der Waals surface area contributed by atoms with Crippen molar-refractivity contribution in [2.75, 3.05) is 13.4 Å². The van der Waals surface area contributed by atoms with E-state index in [1.807, 2.05) is 48.5 Å². The molecule has 3 aromatic carbocycles. The van der Waals surface area contributed by atoms with Crippen molar-refractivity contribution in [2.45, 2.75) is 11.4 Å². The number of aromatic nitrogens is 2. The highest BCUT2D eigenvalue weighted by Crippen LogP contribution is 2.31. The van der Waals surface area contributed by atoms with Gasteiger partial charge in [0, 0.05) is 11.8 Å². The molecular weight excluding hydrogens is 424 g/mol. The number of hydrogen-bond acceptors (Lipinski definition) is 5. The first-order valence-corrected chi connectivity index (χ1v) is 11.8. The first kappa shape index (κ1) is 21.5. The van der Waals surface area contributed by atoms with Crippen molar-refractivity contribution in [1.29, 1.82) is 0 Å². The molecule has 0 fully saturated rings. The van der Waals surface area contributed by atoms with Crippen LogP contribution in [0.5, 0.6) is 5.75 Å². The summed E-state index contributed by atoms with van der Waals surface area (Å²) in [6.45, 7) is 0.337. The summed E-state index contributed by atoms with van der Waals surface area (Å²) in [4.78, 5) is 13.8. The molecule has 0 saturated carbocycles. The van der Waals surface area contributed by atoms with E-state index in [0.29, 0.717) is 34.5 Å². The molecule has 4 aromatic rings. The van der Waals surface area contributed by atoms with E-state index in [4.69, 9.17) is 4.74 Å². The van der Waals surface area contributed by atoms with Crippen molar-refractivity contribution in [3.63, 3.8) is 0 Å². The van der Waals surface area contributed by atoms with Crippen LogP contribution in [0, 0.1) is 0 Å². The van der Waals surface area contributed by atoms with Crippen molar-refractivity contribution in [3.05, 3.63) is 101 Å². The van der Waals surface area contributed by atoms with Gasteiger partial charge < -0.3 is 4.74 Å². The highest BCUT2D eigenvalue weighted by Gasteiger charge is 2.17. The van der Waals surface area contributed by atoms with Crippen LogP contribution in [0.1, 0.15) is 5.56 Å². The number of ether oxygens (including phenoxy) is 1. The summed E-state index contributed by atoms with van der Waals surface area (Å²) < 4.78 is 30.4. The van der Waals surface area contributed by atoms with Gasteiger partial charge in [0.25, 0.3) is 5.56 Å². The van der Waals surface area contributed by atoms with Gasteiger partial charge in [-0.1, -0.05) is 54.6 Å². The van der Waals surface area contributed by atoms with Crippen LogP contribution in [0.25, 0.3) is 22.3 Å². The molecule has 1 aromatic heterocycles. The molecule has 7 heteroatoms. The van der Waals surface area contributed by atoms with Crippen LogP contribution in [0.2, 0.25) is 0 Å². The highest BCUT2D eigenvalue weighted by atomic mass is 32.2. The van der Waals surface area contributed by atoms with Gasteiger partial charge in [-0.25, -0.2) is 13.1 Å². The topological polar surface area (TPSA) is 78.3 Å². The lowest BCUT2D eigenvalue weighted by molar-refractivity contribution is 0.415. The van der Waals surface area contributed by atoms with E-state index in [2.05, 4.69) is 5.10 Å². The second kappa shape index (κ2) is 8.80. The molecular formula is C25H22N2O4S. The Balaban J connectivity index is 1.89. The molecule has 6 nitrogen and oxygen atoms in total. The van der Waals surface area contributed by atoms with Gasteiger partial charge in [-0.2, -0.15) is 5.10 Å². The number of methoxy groups -OCH3 is 1. The highest BCUT2D eigenvalue weighted by molar-refractivity contribution is 7.90. The number of sulfone groups is 1. The minimum Gasteiger partial charge on any atom is -0.497 e. The fraction of sp³-hybridized carbons (Fsp3) is 0.120. The van der Waals surface area contributed by atoms with Crippen LogP contribution in [0.15, 0.2) is 94.7 Å². The molecule has 0 radical (unpaired) electrons. The first-order valence-electron chi connectivity index (χ1n) is 9.96. The summed E-state index contributed by atoms with van der Waals surface area (Å²) >= 11 is 0. The zero-order valence-corrected chi connectivity index (χ0v) is 18.5. The van der Waals surface area contributed by atoms with Gasteiger partial charge in [0.1, 0.15) is 5.75 Å². The number of rotatable bonds is 6. The quantitative estimate of drug-likeness (QED) is 0.447. The smallest absolute Gasteiger partial charge is 0.275 e. The minimum atomic E-state index is -3.32. The van der Waals surface area contributed by atoms with Gasteiger partial charge in [0.15, 0.2) is 9.84 Å². The predicted molar refractivity (Wildman–Crippen MR) is 125 cm³/mol. The summed E-state index contributed by atoms with van der Waals surface area (Å²) in [7, 11) is -1.75. The Kier molecular flexibility index (Phi) is 5.92. The van der Waals surface area contributed by atoms with Gasteiger partial charge in [0.2, 0.25) is 0 Å². The Hall–Kier alpha value is -3.71. The second-order valence-corrected chi connectivity index (χ2v) is 9.43. The Bertz CT molecular complexity index is 1410. The van der Waals surface area contributed by atoms with E-state index in [1.165, 1.54) is 16.8 Å². The monoisotopic (exact) mass is 446 g/mol. The maximum absolute atomic E-state index is 13.6. The summed E-state index contributed by atoms with van der Waals surface area (Å²) in [5, 5.41) is 4.40. The van der Waals surface area contributed by atoms with Crippen molar-refractivity contribution in [2.24, 2.45) is 0 Å². The van der Waals surface area contributed by atoms with Gasteiger partial charge in [-0.3, -0.25) is 4.79 Å². The number of nitrogens with zero attached hydrogens (tertiary/aromatic N) is 2. The van der Waals surface area contributed by atoms with Crippen LogP contribution in [-0.2, 0) is 16.4 Å². The van der Waals surface area contributed by atoms with Crippen LogP contribution in [-0.4, -0.2) is 31.6 Å². The molecule has 0 aliphatic rings. The zero-order valence-electron chi connectivity index (χ0n) is 17.7. The largest absolute Gasteiger partial charge is 0.497 e. The summed E-state index contributed by atoms with van der Waals surface area (Å²) in [6, 6.07) is 23.4. The third-order valence-electron chi connectivity index (χ3n) is 5.17. The fourth-order valence-electron chi connectivity index (χ4n) is 3.52. The number of benzene rings is 3. The van der Waals surface area contributed by atoms with Crippen LogP contribution in [0.4, 0.5) is 0 Å². The predicted octanol–water partition coefficient (Wildman–Crippen LogP) is 4.04. The molecule has 0 saturated heterocycles. The van der Waals surface area contributed by atoms with E-state index < -0.39 is 9.84 Å². The Morgan fingerprint density at radius 2 is 1.62 bits per heavy atom. The maximum atomic E-state index is 13.6. The zero-order chi connectivity index (χ0) is 22.7. The van der Waals surface area contributed by atoms with Gasteiger partial charge in [-0.15, -0.1) is 0 Å². The summed E-state index contributed by atoms with van der Waals surface area (Å²) in [5.41, 5.74) is 3.21. The molecule has 0 bridgehead atoms. The average Bonchev–Trinajstić information content (AvgIpc) is 2.80. The van der Waals surface area contributed by atoms with Crippen LogP contribution < -0.4 is 10.3 Å². The summed E-state index contributed by atoms with van der Waals surface area (Å²) in [5.74, 6) is 0.631. The molecule has 0 N–H and O–H groups in total. The van der Waals surface area contributed by atoms with E-state index in [1.54, 1.807) is 31.5 Å². The lowest BCUT2D eigenvalue weighted by atomic mass is 9.97. The second-order valence-electron chi connectivity index (χ2n) is 7.41. The Morgan fingerprint density at radius 1 is 0.906 bits per heavy atom. The van der Waals surface area contributed by atoms with E-state index in [-0.39, 0.29) is 10.5 Å². The molecule has 0 spiro atoms. The molecule has 0 amide bonds. The molecule has 4 rings (SSSR count). The molecule has 0 atom stereocenters. The van der Waals surface area contributed by atoms with Crippen molar-refractivity contribution < 1.29 is 13.2 Å². The van der Waals surface area contributed by atoms with Crippen LogP contribution >= 0.6 is 0 Å². The lowest BCUT2D eigenvalue weighted by Gasteiger charge is -2.14. The van der Waals surface area contributed by atoms with Crippen LogP contribution in [0.3, 0.4) is 0 Å². The number of hydrogen-bond donors (Lipinski definition) is 0. The molecule has 1 heterocycles. The third-order valence-corrected chi connectivity index (χ3v) is 6.30. The average molecular weight is 447 g/mol. The van der Waals surface area contributed by atoms with Crippen molar-refractivity contribution >= 4 is 9.84 Å². The van der Waals surface area contributed by atoms with Crippen molar-refractivity contribution in [1.82, 2.24) is 9.78 Å². The Morgan fingerprint density at radius 3 is 2.28 bits per heavy atom. The molecule has 0 aliphatic heterocycles. The van der Waals surface area contributed by atoms with Gasteiger partial charge in [-0.05, 0) is 41.0 Å². The van der Waals surface area contributed by atoms with E-state index in [0.717, 1.165) is 11.8 Å². The lowest BCUT2D eigenvalue weighted by Crippen LogP contribution is -2.25. The molecule has 32 heavy (non-hydrogen) atoms. The van der Waals surface area contributed by atoms with Gasteiger partial charge >= 0.3 is 0 Å². The summed E-state index contributed by atoms with van der Waals surface area (Å²) in [6.07, 6.45) is 2.81. The third kappa shape index (κ3) is 4.48. The Labute approximate surface area is 186 Å². The van der Waals surface area contributed by atoms with Crippen molar-refractivity contribution in [3.8, 4) is 28.0 Å². The maximum Gasteiger partial charge on any atom is 0.275 e. The standard InChI is InChI=1S/C25H22N2O4S/c1-31-21-10-6-9-20(15-21)24-23(19-11-13-22(14-12-19)32(2,29)30)16-26-27(25(24)28)17-18-7-4-3-5-8-18/h3-16H,17H2,1-2H3.